The van der Waals surface area contributed by atoms with Crippen molar-refractivity contribution in [2.24, 2.45) is 0 Å². The molecule has 1 saturated heterocycles. The lowest BCUT2D eigenvalue weighted by Gasteiger charge is -2.26. The molecular weight excluding hydrogens is 448 g/mol. The summed E-state index contributed by atoms with van der Waals surface area (Å²) in [5.41, 5.74) is 0.952. The van der Waals surface area contributed by atoms with Crippen molar-refractivity contribution in [3.63, 3.8) is 0 Å². The zero-order valence-corrected chi connectivity index (χ0v) is 19.5. The summed E-state index contributed by atoms with van der Waals surface area (Å²) in [6.45, 7) is 1.43. The number of carbonyl (C=O) groups excluding carboxylic acids is 1. The van der Waals surface area contributed by atoms with Gasteiger partial charge in [-0.2, -0.15) is 0 Å². The van der Waals surface area contributed by atoms with Crippen LogP contribution in [-0.2, 0) is 14.8 Å². The topological polar surface area (TPSA) is 103 Å². The number of rotatable bonds is 7. The average Bonchev–Trinajstić information content (AvgIpc) is 3.20. The lowest BCUT2D eigenvalue weighted by atomic mass is 10.0. The van der Waals surface area contributed by atoms with Crippen LogP contribution < -0.4 is 23.7 Å². The summed E-state index contributed by atoms with van der Waals surface area (Å²) in [6, 6.07) is 9.88. The van der Waals surface area contributed by atoms with E-state index in [-0.39, 0.29) is 23.4 Å². The molecule has 0 aliphatic carbocycles. The quantitative estimate of drug-likeness (QED) is 0.655. The van der Waals surface area contributed by atoms with Gasteiger partial charge < -0.3 is 23.8 Å². The molecule has 1 amide bonds. The van der Waals surface area contributed by atoms with Crippen LogP contribution in [0, 0.1) is 0 Å². The van der Waals surface area contributed by atoms with E-state index in [4.69, 9.17) is 18.9 Å². The highest BCUT2D eigenvalue weighted by molar-refractivity contribution is 7.89. The lowest BCUT2D eigenvalue weighted by Crippen LogP contribution is -2.39. The molecule has 178 valence electrons. The molecule has 0 saturated carbocycles. The fraction of sp³-hybridized carbons (Fsp3) is 0.435. The molecule has 1 N–H and O–H groups in total. The molecule has 0 bridgehead atoms. The molecule has 0 radical (unpaired) electrons. The molecule has 2 aliphatic heterocycles. The number of nitrogens with zero attached hydrogens (tertiary/aromatic N) is 1. The fourth-order valence-electron chi connectivity index (χ4n) is 4.12. The van der Waals surface area contributed by atoms with Gasteiger partial charge in [0.25, 0.3) is 0 Å². The molecule has 0 aromatic heterocycles. The number of hydrogen-bond acceptors (Lipinski definition) is 7. The van der Waals surface area contributed by atoms with Gasteiger partial charge in [0, 0.05) is 19.0 Å². The van der Waals surface area contributed by atoms with Crippen LogP contribution in [0.15, 0.2) is 41.3 Å². The summed E-state index contributed by atoms with van der Waals surface area (Å²) in [5, 5.41) is 0. The predicted octanol–water partition coefficient (Wildman–Crippen LogP) is 2.51. The van der Waals surface area contributed by atoms with E-state index in [1.807, 2.05) is 18.2 Å². The van der Waals surface area contributed by atoms with E-state index < -0.39 is 10.0 Å². The van der Waals surface area contributed by atoms with Crippen molar-refractivity contribution in [1.29, 1.82) is 0 Å². The average molecular weight is 477 g/mol. The van der Waals surface area contributed by atoms with Crippen LogP contribution in [-0.4, -0.2) is 59.7 Å². The van der Waals surface area contributed by atoms with Crippen molar-refractivity contribution in [3.8, 4) is 23.0 Å². The van der Waals surface area contributed by atoms with E-state index in [2.05, 4.69) is 4.72 Å². The van der Waals surface area contributed by atoms with Crippen molar-refractivity contribution in [3.05, 3.63) is 42.0 Å². The Morgan fingerprint density at radius 2 is 1.79 bits per heavy atom. The third-order valence-electron chi connectivity index (χ3n) is 5.81. The smallest absolute Gasteiger partial charge is 0.241 e. The monoisotopic (exact) mass is 476 g/mol. The summed E-state index contributed by atoms with van der Waals surface area (Å²) in [5.74, 6) is 1.81. The minimum Gasteiger partial charge on any atom is -0.493 e. The fourth-order valence-corrected chi connectivity index (χ4v) is 5.11. The van der Waals surface area contributed by atoms with Crippen molar-refractivity contribution in [2.75, 3.05) is 40.5 Å². The Bertz CT molecular complexity index is 1120. The molecular formula is C23H28N2O7S. The van der Waals surface area contributed by atoms with Crippen molar-refractivity contribution in [2.45, 2.75) is 30.2 Å². The second-order valence-electron chi connectivity index (χ2n) is 7.84. The maximum Gasteiger partial charge on any atom is 0.241 e. The number of benzene rings is 2. The van der Waals surface area contributed by atoms with Gasteiger partial charge in [-0.3, -0.25) is 4.79 Å². The maximum atomic E-state index is 13.0. The number of hydrogen-bond donors (Lipinski definition) is 1. The highest BCUT2D eigenvalue weighted by Crippen LogP contribution is 2.38. The highest BCUT2D eigenvalue weighted by Gasteiger charge is 2.31. The maximum absolute atomic E-state index is 13.0. The lowest BCUT2D eigenvalue weighted by molar-refractivity contribution is -0.130. The van der Waals surface area contributed by atoms with E-state index in [0.717, 1.165) is 24.8 Å². The summed E-state index contributed by atoms with van der Waals surface area (Å²) in [6.07, 6.45) is 2.46. The molecule has 2 heterocycles. The summed E-state index contributed by atoms with van der Waals surface area (Å²) in [4.78, 5) is 14.7. The molecule has 0 unspecified atom stereocenters. The first-order valence-corrected chi connectivity index (χ1v) is 12.3. The largest absolute Gasteiger partial charge is 0.493 e. The number of ether oxygens (including phenoxy) is 4. The number of amides is 1. The number of carbonyl (C=O) groups is 1. The third kappa shape index (κ3) is 5.01. The summed E-state index contributed by atoms with van der Waals surface area (Å²) < 4.78 is 49.7. The third-order valence-corrected chi connectivity index (χ3v) is 7.21. The standard InChI is InChI=1S/C23H28N2O7S/c1-29-19-9-7-17(14-21(19)30-2)33(27,28)24-15-23(26)25-10-3-5-18(25)16-6-8-20-22(13-16)32-12-4-11-31-20/h6-9,13-14,18,24H,3-5,10-12,15H2,1-2H3/t18-/m0/s1. The Morgan fingerprint density at radius 1 is 1.03 bits per heavy atom. The van der Waals surface area contributed by atoms with E-state index in [9.17, 15) is 13.2 Å². The number of nitrogens with one attached hydrogen (secondary N) is 1. The zero-order chi connectivity index (χ0) is 23.4. The van der Waals surface area contributed by atoms with Crippen molar-refractivity contribution >= 4 is 15.9 Å². The second kappa shape index (κ2) is 9.88. The van der Waals surface area contributed by atoms with E-state index in [0.29, 0.717) is 42.8 Å². The molecule has 2 aromatic carbocycles. The molecule has 2 aromatic rings. The van der Waals surface area contributed by atoms with Crippen LogP contribution >= 0.6 is 0 Å². The Hall–Kier alpha value is -2.98. The van der Waals surface area contributed by atoms with Gasteiger partial charge in [-0.15, -0.1) is 0 Å². The van der Waals surface area contributed by atoms with Gasteiger partial charge in [0.1, 0.15) is 0 Å². The normalized spacial score (nSPS) is 18.0. The van der Waals surface area contributed by atoms with Gasteiger partial charge >= 0.3 is 0 Å². The van der Waals surface area contributed by atoms with E-state index in [1.54, 1.807) is 4.90 Å². The molecule has 2 aliphatic rings. The first-order valence-electron chi connectivity index (χ1n) is 10.8. The summed E-state index contributed by atoms with van der Waals surface area (Å²) in [7, 11) is -1.01. The number of likely N-dealkylation sites (tertiary alicyclic amines) is 1. The van der Waals surface area contributed by atoms with Crippen LogP contribution in [0.4, 0.5) is 0 Å². The Labute approximate surface area is 193 Å². The molecule has 10 heteroatoms. The Morgan fingerprint density at radius 3 is 2.55 bits per heavy atom. The van der Waals surface area contributed by atoms with Gasteiger partial charge in [-0.25, -0.2) is 13.1 Å². The first-order chi connectivity index (χ1) is 15.9. The van der Waals surface area contributed by atoms with E-state index in [1.165, 1.54) is 32.4 Å². The number of methoxy groups -OCH3 is 2. The van der Waals surface area contributed by atoms with Crippen LogP contribution in [0.2, 0.25) is 0 Å². The minimum absolute atomic E-state index is 0.00572. The molecule has 1 atom stereocenters. The van der Waals surface area contributed by atoms with Crippen molar-refractivity contribution in [1.82, 2.24) is 9.62 Å². The second-order valence-corrected chi connectivity index (χ2v) is 9.61. The molecule has 0 spiro atoms. The zero-order valence-electron chi connectivity index (χ0n) is 18.7. The SMILES string of the molecule is COc1ccc(S(=O)(=O)NCC(=O)N2CCC[C@H]2c2ccc3c(c2)OCCCO3)cc1OC. The van der Waals surface area contributed by atoms with Gasteiger partial charge in [0.05, 0.1) is 44.9 Å². The molecule has 9 nitrogen and oxygen atoms in total. The predicted molar refractivity (Wildman–Crippen MR) is 120 cm³/mol. The Kier molecular flexibility index (Phi) is 6.94. The van der Waals surface area contributed by atoms with Gasteiger partial charge in [-0.05, 0) is 42.7 Å². The van der Waals surface area contributed by atoms with Crippen LogP contribution in [0.3, 0.4) is 0 Å². The molecule has 33 heavy (non-hydrogen) atoms. The van der Waals surface area contributed by atoms with E-state index >= 15 is 0 Å². The van der Waals surface area contributed by atoms with Crippen LogP contribution in [0.1, 0.15) is 30.9 Å². The molecule has 4 rings (SSSR count). The Balaban J connectivity index is 1.45. The summed E-state index contributed by atoms with van der Waals surface area (Å²) >= 11 is 0. The highest BCUT2D eigenvalue weighted by atomic mass is 32.2. The molecule has 1 fully saturated rings. The first kappa shape index (κ1) is 23.2. The van der Waals surface area contributed by atoms with Gasteiger partial charge in [0.15, 0.2) is 23.0 Å². The van der Waals surface area contributed by atoms with Gasteiger partial charge in [-0.1, -0.05) is 6.07 Å². The minimum atomic E-state index is -3.91. The number of sulfonamides is 1. The van der Waals surface area contributed by atoms with Crippen molar-refractivity contribution < 1.29 is 32.2 Å². The number of fused-ring (bicyclic) bond motifs is 1. The van der Waals surface area contributed by atoms with Gasteiger partial charge in [0.2, 0.25) is 15.9 Å². The van der Waals surface area contributed by atoms with Crippen LogP contribution in [0.25, 0.3) is 0 Å². The van der Waals surface area contributed by atoms with Crippen LogP contribution in [0.5, 0.6) is 23.0 Å².